The van der Waals surface area contributed by atoms with Crippen molar-refractivity contribution in [3.63, 3.8) is 0 Å². The van der Waals surface area contributed by atoms with Gasteiger partial charge < -0.3 is 35.7 Å². The van der Waals surface area contributed by atoms with Crippen LogP contribution in [-0.2, 0) is 38.2 Å². The topological polar surface area (TPSA) is 204 Å². The number of carboxylic acids is 1. The highest BCUT2D eigenvalue weighted by Gasteiger charge is 2.29. The fourth-order valence-corrected chi connectivity index (χ4v) is 3.57. The summed E-state index contributed by atoms with van der Waals surface area (Å²) >= 11 is 0. The number of imide groups is 1. The molecule has 1 rings (SSSR count). The number of Topliss-reactive ketones (excluding diaryl/α,β-unsaturated/α-hetero) is 1. The molecule has 220 valence electrons. The molecule has 0 unspecified atom stereocenters. The van der Waals surface area contributed by atoms with Gasteiger partial charge in [-0.25, -0.2) is 9.59 Å². The Labute approximate surface area is 227 Å². The first-order valence-corrected chi connectivity index (χ1v) is 12.9. The number of nitrogens with two attached hydrogens (primary N) is 1. The molecule has 2 atom stereocenters. The van der Waals surface area contributed by atoms with Gasteiger partial charge in [-0.05, 0) is 18.8 Å². The van der Waals surface area contributed by atoms with Gasteiger partial charge in [0.25, 0.3) is 11.8 Å². The maximum atomic E-state index is 12.7. The van der Waals surface area contributed by atoms with Gasteiger partial charge in [0, 0.05) is 37.5 Å². The van der Waals surface area contributed by atoms with Crippen LogP contribution in [0, 0.1) is 11.8 Å². The molecule has 1 heterocycles. The minimum absolute atomic E-state index is 0.0407. The van der Waals surface area contributed by atoms with Crippen molar-refractivity contribution >= 4 is 35.5 Å². The van der Waals surface area contributed by atoms with Crippen molar-refractivity contribution < 1.29 is 48.1 Å². The Kier molecular flexibility index (Phi) is 16.2. The van der Waals surface area contributed by atoms with E-state index in [1.165, 1.54) is 12.2 Å². The number of carbonyl (C=O) groups is 6. The molecule has 0 aromatic rings. The molecular weight excluding hydrogens is 516 g/mol. The van der Waals surface area contributed by atoms with Gasteiger partial charge >= 0.3 is 12.0 Å². The Morgan fingerprint density at radius 1 is 0.949 bits per heavy atom. The molecule has 0 saturated heterocycles. The Morgan fingerprint density at radius 2 is 1.51 bits per heavy atom. The van der Waals surface area contributed by atoms with Crippen LogP contribution < -0.4 is 16.4 Å². The summed E-state index contributed by atoms with van der Waals surface area (Å²) in [7, 11) is 0. The van der Waals surface area contributed by atoms with Crippen molar-refractivity contribution in [3.05, 3.63) is 12.2 Å². The fraction of sp³-hybridized carbons (Fsp3) is 0.680. The molecule has 0 radical (unpaired) electrons. The number of hydrogen-bond acceptors (Lipinski definition) is 9. The Hall–Kier alpha value is -3.36. The number of carboxylic acid groups (broad SMARTS) is 1. The summed E-state index contributed by atoms with van der Waals surface area (Å²) in [6, 6.07) is -1.86. The number of nitrogens with one attached hydrogen (secondary N) is 2. The van der Waals surface area contributed by atoms with Crippen LogP contribution in [0.5, 0.6) is 0 Å². The molecule has 39 heavy (non-hydrogen) atoms. The Bertz CT molecular complexity index is 859. The molecule has 14 heteroatoms. The Morgan fingerprint density at radius 3 is 2.05 bits per heavy atom. The quantitative estimate of drug-likeness (QED) is 0.100. The zero-order chi connectivity index (χ0) is 29.2. The van der Waals surface area contributed by atoms with Crippen molar-refractivity contribution in [2.75, 3.05) is 52.7 Å². The highest BCUT2D eigenvalue weighted by atomic mass is 16.5. The monoisotopic (exact) mass is 556 g/mol. The van der Waals surface area contributed by atoms with Gasteiger partial charge in [0.05, 0.1) is 46.2 Å². The van der Waals surface area contributed by atoms with Crippen LogP contribution in [0.15, 0.2) is 12.2 Å². The van der Waals surface area contributed by atoms with Crippen LogP contribution in [0.25, 0.3) is 0 Å². The van der Waals surface area contributed by atoms with Crippen molar-refractivity contribution in [1.29, 1.82) is 0 Å². The van der Waals surface area contributed by atoms with Crippen molar-refractivity contribution in [2.24, 2.45) is 17.6 Å². The normalized spacial score (nSPS) is 14.5. The summed E-state index contributed by atoms with van der Waals surface area (Å²) in [5.74, 6) is -3.48. The number of carbonyl (C=O) groups excluding carboxylic acids is 5. The highest BCUT2D eigenvalue weighted by molar-refractivity contribution is 6.12. The second-order valence-corrected chi connectivity index (χ2v) is 9.17. The van der Waals surface area contributed by atoms with Gasteiger partial charge in [0.15, 0.2) is 0 Å². The van der Waals surface area contributed by atoms with Gasteiger partial charge in [-0.3, -0.25) is 24.1 Å². The van der Waals surface area contributed by atoms with E-state index in [-0.39, 0.29) is 88.9 Å². The van der Waals surface area contributed by atoms with Crippen LogP contribution in [0.3, 0.4) is 0 Å². The molecule has 0 aromatic carbocycles. The lowest BCUT2D eigenvalue weighted by molar-refractivity contribution is -0.143. The van der Waals surface area contributed by atoms with E-state index >= 15 is 0 Å². The first-order chi connectivity index (χ1) is 18.5. The van der Waals surface area contributed by atoms with Gasteiger partial charge in [0.2, 0.25) is 5.91 Å². The number of rotatable bonds is 22. The maximum Gasteiger partial charge on any atom is 0.326 e. The van der Waals surface area contributed by atoms with E-state index in [0.29, 0.717) is 13.0 Å². The first kappa shape index (κ1) is 33.7. The van der Waals surface area contributed by atoms with E-state index in [0.717, 1.165) is 4.90 Å². The molecule has 0 aromatic heterocycles. The average Bonchev–Trinajstić information content (AvgIpc) is 3.19. The summed E-state index contributed by atoms with van der Waals surface area (Å²) < 4.78 is 16.1. The first-order valence-electron chi connectivity index (χ1n) is 12.9. The third-order valence-electron chi connectivity index (χ3n) is 5.80. The number of amides is 5. The molecule has 0 spiro atoms. The van der Waals surface area contributed by atoms with Gasteiger partial charge in [-0.1, -0.05) is 13.8 Å². The number of primary amides is 1. The number of hydrogen-bond donors (Lipinski definition) is 4. The number of ketones is 1. The third-order valence-corrected chi connectivity index (χ3v) is 5.80. The summed E-state index contributed by atoms with van der Waals surface area (Å²) in [4.78, 5) is 71.2. The van der Waals surface area contributed by atoms with E-state index < -0.39 is 29.9 Å². The van der Waals surface area contributed by atoms with Crippen molar-refractivity contribution in [2.45, 2.75) is 45.6 Å². The molecule has 1 aliphatic heterocycles. The second-order valence-electron chi connectivity index (χ2n) is 9.17. The van der Waals surface area contributed by atoms with Crippen LogP contribution in [0.2, 0.25) is 0 Å². The van der Waals surface area contributed by atoms with Gasteiger partial charge in [0.1, 0.15) is 11.8 Å². The fourth-order valence-electron chi connectivity index (χ4n) is 3.57. The summed E-state index contributed by atoms with van der Waals surface area (Å²) in [6.07, 6.45) is 2.90. The molecule has 1 aliphatic rings. The lowest BCUT2D eigenvalue weighted by atomic mass is 9.89. The second kappa shape index (κ2) is 18.8. The van der Waals surface area contributed by atoms with E-state index in [4.69, 9.17) is 19.9 Å². The summed E-state index contributed by atoms with van der Waals surface area (Å²) in [5.41, 5.74) is 4.97. The Balaban J connectivity index is 2.18. The molecule has 0 aliphatic carbocycles. The predicted molar refractivity (Wildman–Crippen MR) is 137 cm³/mol. The summed E-state index contributed by atoms with van der Waals surface area (Å²) in [6.45, 7) is 5.42. The predicted octanol–water partition coefficient (Wildman–Crippen LogP) is -0.399. The minimum Gasteiger partial charge on any atom is -0.480 e. The van der Waals surface area contributed by atoms with E-state index in [9.17, 15) is 33.9 Å². The van der Waals surface area contributed by atoms with Crippen LogP contribution in [0.1, 0.15) is 39.5 Å². The third kappa shape index (κ3) is 14.4. The van der Waals surface area contributed by atoms with Crippen molar-refractivity contribution in [1.82, 2.24) is 15.5 Å². The van der Waals surface area contributed by atoms with Crippen LogP contribution >= 0.6 is 0 Å². The standard InChI is InChI=1S/C25H40N4O10/c1-17(2)19(23(33)28-20(24(34)35)4-3-8-27-25(26)36)16-18(30)7-10-37-12-14-39-15-13-38-11-9-29-21(31)5-6-22(29)32/h5-6,17,19-20H,3-4,7-16H2,1-2H3,(H,28,33)(H,34,35)(H3,26,27,36)/t19-,20-/m0/s1. The summed E-state index contributed by atoms with van der Waals surface area (Å²) in [5, 5.41) is 14.2. The number of aliphatic carboxylic acids is 1. The number of urea groups is 1. The SMILES string of the molecule is CC(C)[C@H](CC(=O)CCOCCOCCOCCN1C(=O)C=CC1=O)C(=O)N[C@@H](CCCNC(N)=O)C(=O)O. The number of nitrogens with zero attached hydrogens (tertiary/aromatic N) is 1. The molecule has 5 amide bonds. The average molecular weight is 557 g/mol. The lowest BCUT2D eigenvalue weighted by Gasteiger charge is -2.22. The number of ether oxygens (including phenoxy) is 3. The maximum absolute atomic E-state index is 12.7. The smallest absolute Gasteiger partial charge is 0.326 e. The van der Waals surface area contributed by atoms with Gasteiger partial charge in [-0.15, -0.1) is 0 Å². The molecule has 0 saturated carbocycles. The molecule has 0 fully saturated rings. The highest BCUT2D eigenvalue weighted by Crippen LogP contribution is 2.18. The molecule has 14 nitrogen and oxygen atoms in total. The van der Waals surface area contributed by atoms with Crippen molar-refractivity contribution in [3.8, 4) is 0 Å². The lowest BCUT2D eigenvalue weighted by Crippen LogP contribution is -2.45. The van der Waals surface area contributed by atoms with E-state index in [2.05, 4.69) is 10.6 Å². The van der Waals surface area contributed by atoms with Crippen LogP contribution in [-0.4, -0.2) is 104 Å². The van der Waals surface area contributed by atoms with E-state index in [1.807, 2.05) is 0 Å². The zero-order valence-corrected chi connectivity index (χ0v) is 22.5. The van der Waals surface area contributed by atoms with E-state index in [1.54, 1.807) is 13.8 Å². The zero-order valence-electron chi connectivity index (χ0n) is 22.5. The largest absolute Gasteiger partial charge is 0.480 e. The van der Waals surface area contributed by atoms with Gasteiger partial charge in [-0.2, -0.15) is 0 Å². The molecular formula is C25H40N4O10. The molecule has 5 N–H and O–H groups in total. The molecule has 0 bridgehead atoms. The minimum atomic E-state index is -1.20. The van der Waals surface area contributed by atoms with Crippen LogP contribution in [0.4, 0.5) is 4.79 Å².